The molecule has 0 aliphatic rings. The summed E-state index contributed by atoms with van der Waals surface area (Å²) >= 11 is 0. The molecule has 0 saturated heterocycles. The van der Waals surface area contributed by atoms with Crippen molar-refractivity contribution in [3.05, 3.63) is 28.0 Å². The van der Waals surface area contributed by atoms with Crippen LogP contribution in [0.3, 0.4) is 0 Å². The average Bonchev–Trinajstić information content (AvgIpc) is 2.77. The molecule has 6 nitrogen and oxygen atoms in total. The monoisotopic (exact) mass is 242 g/mol. The fraction of sp³-hybridized carbons (Fsp3) is 0.636. The lowest BCUT2D eigenvalue weighted by Gasteiger charge is -2.02. The zero-order chi connectivity index (χ0) is 12.5. The Morgan fingerprint density at radius 3 is 2.88 bits per heavy atom. The Morgan fingerprint density at radius 1 is 1.41 bits per heavy atom. The first-order chi connectivity index (χ1) is 8.24. The van der Waals surface area contributed by atoms with Crippen LogP contribution in [0, 0.1) is 10.1 Å². The van der Waals surface area contributed by atoms with Gasteiger partial charge in [-0.3, -0.25) is 10.1 Å². The van der Waals surface area contributed by atoms with E-state index in [1.54, 1.807) is 13.2 Å². The predicted octanol–water partition coefficient (Wildman–Crippen LogP) is 2.09. The average molecular weight is 242 g/mol. The van der Waals surface area contributed by atoms with Gasteiger partial charge in [-0.25, -0.2) is 0 Å². The summed E-state index contributed by atoms with van der Waals surface area (Å²) in [4.78, 5) is 9.84. The quantitative estimate of drug-likeness (QED) is 0.407. The van der Waals surface area contributed by atoms with Crippen molar-refractivity contribution < 1.29 is 14.1 Å². The van der Waals surface area contributed by atoms with Crippen LogP contribution in [0.15, 0.2) is 16.5 Å². The third-order valence-corrected chi connectivity index (χ3v) is 2.33. The van der Waals surface area contributed by atoms with Gasteiger partial charge in [0.05, 0.1) is 12.6 Å². The second-order valence-corrected chi connectivity index (χ2v) is 3.73. The number of nitro groups is 1. The number of rotatable bonds is 9. The van der Waals surface area contributed by atoms with Crippen molar-refractivity contribution >= 4 is 5.88 Å². The van der Waals surface area contributed by atoms with Gasteiger partial charge >= 0.3 is 5.88 Å². The van der Waals surface area contributed by atoms with Crippen LogP contribution in [0.4, 0.5) is 5.88 Å². The van der Waals surface area contributed by atoms with E-state index in [1.165, 1.54) is 6.07 Å². The molecule has 0 aliphatic heterocycles. The molecule has 0 aromatic carbocycles. The molecule has 0 atom stereocenters. The van der Waals surface area contributed by atoms with E-state index < -0.39 is 4.92 Å². The number of methoxy groups -OCH3 is 1. The molecule has 0 spiro atoms. The van der Waals surface area contributed by atoms with E-state index in [-0.39, 0.29) is 5.88 Å². The molecule has 0 saturated carbocycles. The Labute approximate surface area is 100 Å². The highest BCUT2D eigenvalue weighted by atomic mass is 16.6. The molecule has 6 heteroatoms. The minimum Gasteiger partial charge on any atom is -0.404 e. The van der Waals surface area contributed by atoms with E-state index in [0.717, 1.165) is 32.4 Å². The van der Waals surface area contributed by atoms with Crippen molar-refractivity contribution in [3.8, 4) is 0 Å². The Balaban J connectivity index is 2.07. The van der Waals surface area contributed by atoms with Gasteiger partial charge in [0.15, 0.2) is 0 Å². The number of nitrogens with zero attached hydrogens (tertiary/aromatic N) is 1. The van der Waals surface area contributed by atoms with Crippen molar-refractivity contribution in [2.45, 2.75) is 25.8 Å². The maximum atomic E-state index is 10.4. The van der Waals surface area contributed by atoms with E-state index in [0.29, 0.717) is 12.3 Å². The highest BCUT2D eigenvalue weighted by Gasteiger charge is 2.10. The number of hydrogen-bond acceptors (Lipinski definition) is 5. The largest absolute Gasteiger partial charge is 0.433 e. The summed E-state index contributed by atoms with van der Waals surface area (Å²) in [5.41, 5.74) is 0. The van der Waals surface area contributed by atoms with Crippen molar-refractivity contribution in [2.75, 3.05) is 20.3 Å². The van der Waals surface area contributed by atoms with Crippen molar-refractivity contribution in [1.29, 1.82) is 0 Å². The van der Waals surface area contributed by atoms with Crippen LogP contribution in [0.2, 0.25) is 0 Å². The molecule has 17 heavy (non-hydrogen) atoms. The molecular formula is C11H18N2O4. The SMILES string of the molecule is COCCCCCNCc1ccc([N+](=O)[O-])o1. The Morgan fingerprint density at radius 2 is 2.24 bits per heavy atom. The van der Waals surface area contributed by atoms with Gasteiger partial charge in [0.25, 0.3) is 0 Å². The summed E-state index contributed by atoms with van der Waals surface area (Å²) in [6.45, 7) is 2.20. The lowest BCUT2D eigenvalue weighted by atomic mass is 10.2. The minimum atomic E-state index is -0.533. The zero-order valence-corrected chi connectivity index (χ0v) is 9.98. The Hall–Kier alpha value is -1.40. The number of hydrogen-bond donors (Lipinski definition) is 1. The Kier molecular flexibility index (Phi) is 6.27. The summed E-state index contributed by atoms with van der Waals surface area (Å²) in [6, 6.07) is 2.99. The molecule has 1 rings (SSSR count). The normalized spacial score (nSPS) is 10.6. The molecule has 0 fully saturated rings. The van der Waals surface area contributed by atoms with E-state index in [1.807, 2.05) is 0 Å². The van der Waals surface area contributed by atoms with Gasteiger partial charge in [-0.15, -0.1) is 0 Å². The van der Waals surface area contributed by atoms with Gasteiger partial charge in [0.1, 0.15) is 10.7 Å². The van der Waals surface area contributed by atoms with E-state index in [9.17, 15) is 10.1 Å². The smallest absolute Gasteiger partial charge is 0.404 e. The number of unbranched alkanes of at least 4 members (excludes halogenated alkanes) is 2. The first kappa shape index (κ1) is 13.7. The summed E-state index contributed by atoms with van der Waals surface area (Å²) < 4.78 is 9.95. The lowest BCUT2D eigenvalue weighted by Crippen LogP contribution is -2.14. The summed E-state index contributed by atoms with van der Waals surface area (Å²) in [5.74, 6) is 0.385. The molecule has 0 radical (unpaired) electrons. The number of nitrogens with one attached hydrogen (secondary N) is 1. The first-order valence-electron chi connectivity index (χ1n) is 5.67. The number of furan rings is 1. The second-order valence-electron chi connectivity index (χ2n) is 3.73. The zero-order valence-electron chi connectivity index (χ0n) is 9.98. The van der Waals surface area contributed by atoms with Gasteiger partial charge in [0, 0.05) is 13.7 Å². The molecule has 0 bridgehead atoms. The predicted molar refractivity (Wildman–Crippen MR) is 62.8 cm³/mol. The molecular weight excluding hydrogens is 224 g/mol. The molecule has 96 valence electrons. The topological polar surface area (TPSA) is 77.5 Å². The van der Waals surface area contributed by atoms with Crippen molar-refractivity contribution in [2.24, 2.45) is 0 Å². The molecule has 0 amide bonds. The highest BCUT2D eigenvalue weighted by molar-refractivity contribution is 5.17. The van der Waals surface area contributed by atoms with Crippen LogP contribution in [0.1, 0.15) is 25.0 Å². The van der Waals surface area contributed by atoms with Crippen LogP contribution in [-0.2, 0) is 11.3 Å². The third-order valence-electron chi connectivity index (χ3n) is 2.33. The molecule has 1 aromatic heterocycles. The molecule has 0 unspecified atom stereocenters. The second kappa shape index (κ2) is 7.81. The maximum Gasteiger partial charge on any atom is 0.433 e. The number of ether oxygens (including phenoxy) is 1. The van der Waals surface area contributed by atoms with E-state index >= 15 is 0 Å². The maximum absolute atomic E-state index is 10.4. The van der Waals surface area contributed by atoms with Gasteiger partial charge in [-0.1, -0.05) is 0 Å². The molecule has 1 aromatic rings. The van der Waals surface area contributed by atoms with Crippen LogP contribution in [0.5, 0.6) is 0 Å². The highest BCUT2D eigenvalue weighted by Crippen LogP contribution is 2.15. The van der Waals surface area contributed by atoms with Gasteiger partial charge < -0.3 is 14.5 Å². The van der Waals surface area contributed by atoms with Crippen molar-refractivity contribution in [1.82, 2.24) is 5.32 Å². The van der Waals surface area contributed by atoms with E-state index in [4.69, 9.17) is 9.15 Å². The van der Waals surface area contributed by atoms with Crippen LogP contribution in [-0.4, -0.2) is 25.2 Å². The third kappa shape index (κ3) is 5.46. The first-order valence-corrected chi connectivity index (χ1v) is 5.67. The van der Waals surface area contributed by atoms with Gasteiger partial charge in [-0.2, -0.15) is 0 Å². The van der Waals surface area contributed by atoms with Crippen molar-refractivity contribution in [3.63, 3.8) is 0 Å². The van der Waals surface area contributed by atoms with Crippen LogP contribution < -0.4 is 5.32 Å². The molecule has 1 N–H and O–H groups in total. The molecule has 0 aliphatic carbocycles. The van der Waals surface area contributed by atoms with Crippen LogP contribution >= 0.6 is 0 Å². The molecule has 1 heterocycles. The fourth-order valence-corrected chi connectivity index (χ4v) is 1.44. The van der Waals surface area contributed by atoms with Gasteiger partial charge in [0.2, 0.25) is 0 Å². The summed E-state index contributed by atoms with van der Waals surface area (Å²) in [7, 11) is 1.70. The fourth-order valence-electron chi connectivity index (χ4n) is 1.44. The van der Waals surface area contributed by atoms with Crippen LogP contribution in [0.25, 0.3) is 0 Å². The summed E-state index contributed by atoms with van der Waals surface area (Å²) in [6.07, 6.45) is 3.23. The van der Waals surface area contributed by atoms with Gasteiger partial charge in [-0.05, 0) is 31.9 Å². The lowest BCUT2D eigenvalue weighted by molar-refractivity contribution is -0.402. The minimum absolute atomic E-state index is 0.207. The Bertz CT molecular complexity index is 338. The standard InChI is InChI=1S/C11H18N2O4/c1-16-8-4-2-3-7-12-9-10-5-6-11(17-10)13(14)15/h5-6,12H,2-4,7-9H2,1H3. The summed E-state index contributed by atoms with van der Waals surface area (Å²) in [5, 5.41) is 13.5. The van der Waals surface area contributed by atoms with E-state index in [2.05, 4.69) is 5.32 Å².